The van der Waals surface area contributed by atoms with E-state index in [1.54, 1.807) is 0 Å². The highest BCUT2D eigenvalue weighted by molar-refractivity contribution is 5.40. The van der Waals surface area contributed by atoms with Gasteiger partial charge in [-0.1, -0.05) is 0 Å². The quantitative estimate of drug-likeness (QED) is 0.787. The number of aliphatic hydroxyl groups excluding tert-OH is 1. The zero-order valence-corrected chi connectivity index (χ0v) is 9.44. The Morgan fingerprint density at radius 2 is 2.00 bits per heavy atom. The number of aliphatic hydroxyl groups is 1. The van der Waals surface area contributed by atoms with Crippen LogP contribution >= 0.6 is 0 Å². The molecule has 1 aromatic heterocycles. The lowest BCUT2D eigenvalue weighted by atomic mass is 9.88. The van der Waals surface area contributed by atoms with Crippen LogP contribution in [0.25, 0.3) is 0 Å². The van der Waals surface area contributed by atoms with E-state index < -0.39 is 0 Å². The van der Waals surface area contributed by atoms with Crippen LogP contribution in [0.3, 0.4) is 0 Å². The summed E-state index contributed by atoms with van der Waals surface area (Å²) >= 11 is 0. The molecule has 1 fully saturated rings. The molecule has 82 valence electrons. The molecule has 0 atom stereocenters. The van der Waals surface area contributed by atoms with Crippen LogP contribution in [0.5, 0.6) is 0 Å². The summed E-state index contributed by atoms with van der Waals surface area (Å²) < 4.78 is 0. The van der Waals surface area contributed by atoms with Gasteiger partial charge in [0.2, 0.25) is 0 Å². The van der Waals surface area contributed by atoms with Gasteiger partial charge in [-0.2, -0.15) is 0 Å². The molecule has 0 aliphatic heterocycles. The molecule has 1 aliphatic rings. The Hall–Kier alpha value is -1.16. The molecule has 0 spiro atoms. The monoisotopic (exact) mass is 207 g/mol. The zero-order valence-electron chi connectivity index (χ0n) is 9.44. The van der Waals surface area contributed by atoms with Crippen molar-refractivity contribution >= 4 is 5.82 Å². The van der Waals surface area contributed by atoms with E-state index in [4.69, 9.17) is 0 Å². The molecule has 2 rings (SSSR count). The van der Waals surface area contributed by atoms with Gasteiger partial charge in [0.1, 0.15) is 11.6 Å². The summed E-state index contributed by atoms with van der Waals surface area (Å²) in [5, 5.41) is 9.26. The molecule has 0 saturated heterocycles. The fourth-order valence-electron chi connectivity index (χ4n) is 1.94. The summed E-state index contributed by atoms with van der Waals surface area (Å²) in [6, 6.07) is 2.41. The predicted molar refractivity (Wildman–Crippen MR) is 58.9 cm³/mol. The van der Waals surface area contributed by atoms with E-state index in [0.29, 0.717) is 6.04 Å². The van der Waals surface area contributed by atoms with Crippen LogP contribution in [0.4, 0.5) is 5.82 Å². The van der Waals surface area contributed by atoms with Gasteiger partial charge in [-0.15, -0.1) is 0 Å². The molecule has 0 unspecified atom stereocenters. The molecule has 1 N–H and O–H groups in total. The molecule has 1 saturated carbocycles. The van der Waals surface area contributed by atoms with E-state index in [-0.39, 0.29) is 6.10 Å². The standard InChI is InChI=1S/C11H17N3O/c1-7-4-11(13-8(2)12-7)14(3)9-5-10(15)6-9/h4,9-10,15H,5-6H2,1-3H3. The lowest BCUT2D eigenvalue weighted by molar-refractivity contribution is 0.0748. The van der Waals surface area contributed by atoms with Crippen LogP contribution in [0, 0.1) is 13.8 Å². The molecule has 0 amide bonds. The van der Waals surface area contributed by atoms with E-state index in [0.717, 1.165) is 30.2 Å². The number of hydrogen-bond donors (Lipinski definition) is 1. The van der Waals surface area contributed by atoms with Gasteiger partial charge in [-0.3, -0.25) is 0 Å². The van der Waals surface area contributed by atoms with E-state index >= 15 is 0 Å². The lowest BCUT2D eigenvalue weighted by Crippen LogP contribution is -2.45. The first-order valence-corrected chi connectivity index (χ1v) is 5.29. The molecule has 15 heavy (non-hydrogen) atoms. The number of aryl methyl sites for hydroxylation is 2. The van der Waals surface area contributed by atoms with E-state index in [9.17, 15) is 5.11 Å². The molecule has 1 heterocycles. The van der Waals surface area contributed by atoms with Gasteiger partial charge >= 0.3 is 0 Å². The molecule has 0 bridgehead atoms. The first-order valence-electron chi connectivity index (χ1n) is 5.29. The van der Waals surface area contributed by atoms with Crippen molar-refractivity contribution in [3.63, 3.8) is 0 Å². The summed E-state index contributed by atoms with van der Waals surface area (Å²) in [7, 11) is 2.03. The Labute approximate surface area is 90.0 Å². The molecule has 0 aromatic carbocycles. The molecule has 0 radical (unpaired) electrons. The van der Waals surface area contributed by atoms with Gasteiger partial charge in [-0.25, -0.2) is 9.97 Å². The van der Waals surface area contributed by atoms with Gasteiger partial charge in [0.25, 0.3) is 0 Å². The number of rotatable bonds is 2. The third kappa shape index (κ3) is 2.09. The Bertz CT molecular complexity index is 341. The minimum absolute atomic E-state index is 0.124. The second kappa shape index (κ2) is 3.77. The van der Waals surface area contributed by atoms with Crippen LogP contribution in [0.2, 0.25) is 0 Å². The van der Waals surface area contributed by atoms with Crippen molar-refractivity contribution in [3.05, 3.63) is 17.6 Å². The van der Waals surface area contributed by atoms with Gasteiger partial charge in [0.05, 0.1) is 6.10 Å². The van der Waals surface area contributed by atoms with Crippen LogP contribution in [-0.2, 0) is 0 Å². The highest BCUT2D eigenvalue weighted by Crippen LogP contribution is 2.27. The van der Waals surface area contributed by atoms with Gasteiger partial charge in [0.15, 0.2) is 0 Å². The molecule has 1 aromatic rings. The first-order chi connectivity index (χ1) is 7.06. The maximum Gasteiger partial charge on any atom is 0.132 e. The third-order valence-electron chi connectivity index (χ3n) is 2.95. The summed E-state index contributed by atoms with van der Waals surface area (Å²) in [6.45, 7) is 3.88. The minimum atomic E-state index is -0.124. The second-order valence-electron chi connectivity index (χ2n) is 4.30. The van der Waals surface area contributed by atoms with E-state index in [2.05, 4.69) is 14.9 Å². The Kier molecular flexibility index (Phi) is 2.61. The Balaban J connectivity index is 2.14. The summed E-state index contributed by atoms with van der Waals surface area (Å²) in [5.41, 5.74) is 0.990. The molecular weight excluding hydrogens is 190 g/mol. The highest BCUT2D eigenvalue weighted by Gasteiger charge is 2.31. The molecule has 1 aliphatic carbocycles. The van der Waals surface area contributed by atoms with Crippen molar-refractivity contribution in [2.75, 3.05) is 11.9 Å². The SMILES string of the molecule is Cc1cc(N(C)C2CC(O)C2)nc(C)n1. The highest BCUT2D eigenvalue weighted by atomic mass is 16.3. The maximum atomic E-state index is 9.26. The topological polar surface area (TPSA) is 49.2 Å². The maximum absolute atomic E-state index is 9.26. The first kappa shape index (κ1) is 10.4. The average Bonchev–Trinajstić information content (AvgIpc) is 2.10. The second-order valence-corrected chi connectivity index (χ2v) is 4.30. The zero-order chi connectivity index (χ0) is 11.0. The predicted octanol–water partition coefficient (Wildman–Crippen LogP) is 1.05. The fourth-order valence-corrected chi connectivity index (χ4v) is 1.94. The van der Waals surface area contributed by atoms with Crippen LogP contribution < -0.4 is 4.90 Å². The van der Waals surface area contributed by atoms with Gasteiger partial charge < -0.3 is 10.0 Å². The van der Waals surface area contributed by atoms with E-state index in [1.165, 1.54) is 0 Å². The van der Waals surface area contributed by atoms with Crippen LogP contribution in [-0.4, -0.2) is 34.3 Å². The summed E-state index contributed by atoms with van der Waals surface area (Å²) in [5.74, 6) is 1.76. The number of nitrogens with zero attached hydrogens (tertiary/aromatic N) is 3. The van der Waals surface area contributed by atoms with Crippen molar-refractivity contribution in [2.45, 2.75) is 38.8 Å². The number of hydrogen-bond acceptors (Lipinski definition) is 4. The van der Waals surface area contributed by atoms with Crippen LogP contribution in [0.15, 0.2) is 6.07 Å². The molecule has 4 heteroatoms. The summed E-state index contributed by atoms with van der Waals surface area (Å²) in [6.07, 6.45) is 1.57. The largest absolute Gasteiger partial charge is 0.393 e. The van der Waals surface area contributed by atoms with Crippen molar-refractivity contribution in [1.82, 2.24) is 9.97 Å². The molecular formula is C11H17N3O. The summed E-state index contributed by atoms with van der Waals surface area (Å²) in [4.78, 5) is 10.8. The molecule has 4 nitrogen and oxygen atoms in total. The Morgan fingerprint density at radius 1 is 1.33 bits per heavy atom. The van der Waals surface area contributed by atoms with Gasteiger partial charge in [0, 0.05) is 24.8 Å². The van der Waals surface area contributed by atoms with Crippen molar-refractivity contribution < 1.29 is 5.11 Å². The lowest BCUT2D eigenvalue weighted by Gasteiger charge is -2.39. The van der Waals surface area contributed by atoms with Gasteiger partial charge in [-0.05, 0) is 26.7 Å². The van der Waals surface area contributed by atoms with Crippen LogP contribution in [0.1, 0.15) is 24.4 Å². The number of aromatic nitrogens is 2. The number of anilines is 1. The van der Waals surface area contributed by atoms with Crippen molar-refractivity contribution in [1.29, 1.82) is 0 Å². The van der Waals surface area contributed by atoms with Crippen molar-refractivity contribution in [3.8, 4) is 0 Å². The third-order valence-corrected chi connectivity index (χ3v) is 2.95. The minimum Gasteiger partial charge on any atom is -0.393 e. The fraction of sp³-hybridized carbons (Fsp3) is 0.636. The average molecular weight is 207 g/mol. The van der Waals surface area contributed by atoms with E-state index in [1.807, 2.05) is 27.0 Å². The normalized spacial score (nSPS) is 24.8. The smallest absolute Gasteiger partial charge is 0.132 e. The Morgan fingerprint density at radius 3 is 2.53 bits per heavy atom. The van der Waals surface area contributed by atoms with Crippen molar-refractivity contribution in [2.24, 2.45) is 0 Å².